The average molecular weight is 201 g/mol. The summed E-state index contributed by atoms with van der Waals surface area (Å²) in [6.45, 7) is 11.3. The summed E-state index contributed by atoms with van der Waals surface area (Å²) in [4.78, 5) is 11.1. The third-order valence-corrected chi connectivity index (χ3v) is 5.51. The Kier molecular flexibility index (Phi) is 4.36. The molecule has 0 aliphatic rings. The normalized spacial score (nSPS) is 13.6. The number of ether oxygens (including phenoxy) is 1. The van der Waals surface area contributed by atoms with Gasteiger partial charge in [-0.05, 0) is 12.6 Å². The molecular weight excluding hydrogens is 182 g/mol. The molecule has 0 amide bonds. The van der Waals surface area contributed by atoms with Crippen LogP contribution in [-0.2, 0) is 9.53 Å². The number of esters is 1. The van der Waals surface area contributed by atoms with Crippen molar-refractivity contribution >= 4 is 14.0 Å². The Bertz CT molecular complexity index is 212. The molecule has 0 aliphatic heterocycles. The van der Waals surface area contributed by atoms with E-state index in [9.17, 15) is 4.79 Å². The summed E-state index contributed by atoms with van der Waals surface area (Å²) in [7, 11) is -1.60. The Balaban J connectivity index is 4.02. The van der Waals surface area contributed by atoms with Crippen LogP contribution in [0, 0.1) is 0 Å². The lowest BCUT2D eigenvalue weighted by Crippen LogP contribution is -2.50. The van der Waals surface area contributed by atoms with Crippen molar-refractivity contribution in [3.05, 3.63) is 12.2 Å². The first-order valence-electron chi connectivity index (χ1n) is 4.35. The van der Waals surface area contributed by atoms with Gasteiger partial charge in [-0.3, -0.25) is 0 Å². The predicted molar refractivity (Wildman–Crippen MR) is 56.9 cm³/mol. The topological polar surface area (TPSA) is 52.3 Å². The fourth-order valence-electron chi connectivity index (χ4n) is 0.506. The van der Waals surface area contributed by atoms with Crippen molar-refractivity contribution < 1.29 is 9.53 Å². The van der Waals surface area contributed by atoms with Crippen LogP contribution in [0.5, 0.6) is 0 Å². The Morgan fingerprint density at radius 1 is 1.62 bits per heavy atom. The fourth-order valence-corrected chi connectivity index (χ4v) is 1.27. The van der Waals surface area contributed by atoms with Gasteiger partial charge < -0.3 is 10.5 Å². The van der Waals surface area contributed by atoms with Gasteiger partial charge in [0, 0.05) is 5.57 Å². The first-order valence-corrected chi connectivity index (χ1v) is 7.64. The van der Waals surface area contributed by atoms with Crippen LogP contribution in [0.1, 0.15) is 13.8 Å². The second-order valence-electron chi connectivity index (χ2n) is 4.13. The van der Waals surface area contributed by atoms with Crippen LogP contribution in [0.15, 0.2) is 12.2 Å². The van der Waals surface area contributed by atoms with Crippen molar-refractivity contribution in [2.75, 3.05) is 6.23 Å². The first-order chi connectivity index (χ1) is 5.77. The van der Waals surface area contributed by atoms with Gasteiger partial charge in [0.15, 0.2) is 0 Å². The molecule has 1 atom stereocenters. The van der Waals surface area contributed by atoms with E-state index in [1.807, 2.05) is 6.92 Å². The zero-order chi connectivity index (χ0) is 10.6. The molecule has 1 unspecified atom stereocenters. The molecule has 4 heteroatoms. The van der Waals surface area contributed by atoms with Crippen LogP contribution < -0.4 is 5.73 Å². The smallest absolute Gasteiger partial charge is 0.332 e. The maximum absolute atomic E-state index is 11.1. The number of nitrogens with two attached hydrogens (primary N) is 1. The van der Waals surface area contributed by atoms with Crippen molar-refractivity contribution in [3.63, 3.8) is 0 Å². The van der Waals surface area contributed by atoms with Gasteiger partial charge in [0.05, 0.1) is 6.23 Å². The second-order valence-corrected chi connectivity index (χ2v) is 9.31. The zero-order valence-electron chi connectivity index (χ0n) is 8.89. The quantitative estimate of drug-likeness (QED) is 0.423. The fraction of sp³-hybridized carbons (Fsp3) is 0.667. The van der Waals surface area contributed by atoms with Crippen molar-refractivity contribution in [1.82, 2.24) is 0 Å². The lowest BCUT2D eigenvalue weighted by atomic mass is 10.4. The van der Waals surface area contributed by atoms with Gasteiger partial charge >= 0.3 is 5.97 Å². The van der Waals surface area contributed by atoms with Crippen LogP contribution in [0.4, 0.5) is 0 Å². The average Bonchev–Trinajstić information content (AvgIpc) is 1.99. The van der Waals surface area contributed by atoms with Gasteiger partial charge in [0.2, 0.25) is 0 Å². The summed E-state index contributed by atoms with van der Waals surface area (Å²) in [5, 5.41) is 0. The summed E-state index contributed by atoms with van der Waals surface area (Å²) in [6.07, 6.45) is 0.469. The molecule has 2 N–H and O–H groups in total. The Labute approximate surface area is 81.0 Å². The monoisotopic (exact) mass is 201 g/mol. The minimum Gasteiger partial charge on any atom is -0.466 e. The molecule has 0 saturated heterocycles. The highest BCUT2D eigenvalue weighted by Gasteiger charge is 2.27. The Hall–Kier alpha value is -0.613. The second kappa shape index (κ2) is 4.57. The lowest BCUT2D eigenvalue weighted by molar-refractivity contribution is -0.137. The zero-order valence-corrected chi connectivity index (χ0v) is 9.89. The molecule has 0 heterocycles. The Morgan fingerprint density at radius 2 is 2.08 bits per heavy atom. The molecule has 0 aromatic rings. The van der Waals surface area contributed by atoms with Gasteiger partial charge in [0.25, 0.3) is 0 Å². The van der Waals surface area contributed by atoms with Crippen LogP contribution in [0.2, 0.25) is 13.1 Å². The lowest BCUT2D eigenvalue weighted by Gasteiger charge is -2.25. The maximum Gasteiger partial charge on any atom is 0.332 e. The molecule has 3 nitrogen and oxygen atoms in total. The van der Waals surface area contributed by atoms with Gasteiger partial charge in [0.1, 0.15) is 8.07 Å². The predicted octanol–water partition coefficient (Wildman–Crippen LogP) is 1.24. The molecule has 0 fully saturated rings. The number of carbonyl (C=O) groups excluding carboxylic acids is 1. The largest absolute Gasteiger partial charge is 0.466 e. The number of hydrogen-bond acceptors (Lipinski definition) is 3. The molecule has 0 bridgehead atoms. The highest BCUT2D eigenvalue weighted by atomic mass is 28.3. The van der Waals surface area contributed by atoms with E-state index in [4.69, 9.17) is 10.5 Å². The van der Waals surface area contributed by atoms with Crippen molar-refractivity contribution in [1.29, 1.82) is 0 Å². The highest BCUT2D eigenvalue weighted by Crippen LogP contribution is 2.07. The van der Waals surface area contributed by atoms with Crippen molar-refractivity contribution in [3.8, 4) is 0 Å². The molecular formula is C9H19NO2Si. The van der Waals surface area contributed by atoms with Crippen LogP contribution in [0.3, 0.4) is 0 Å². The summed E-state index contributed by atoms with van der Waals surface area (Å²) in [5.41, 5.74) is 6.35. The van der Waals surface area contributed by atoms with Gasteiger partial charge in [-0.15, -0.1) is 0 Å². The third kappa shape index (κ3) is 4.24. The molecule has 76 valence electrons. The summed E-state index contributed by atoms with van der Waals surface area (Å²) < 4.78 is 5.07. The van der Waals surface area contributed by atoms with E-state index in [0.717, 1.165) is 0 Å². The van der Waals surface area contributed by atoms with E-state index in [2.05, 4.69) is 19.7 Å². The van der Waals surface area contributed by atoms with E-state index in [-0.39, 0.29) is 11.6 Å². The van der Waals surface area contributed by atoms with E-state index in [0.29, 0.717) is 11.8 Å². The summed E-state index contributed by atoms with van der Waals surface area (Å²) in [6, 6.07) is 0. The molecule has 13 heavy (non-hydrogen) atoms. The molecule has 0 rings (SSSR count). The van der Waals surface area contributed by atoms with Gasteiger partial charge in [-0.2, -0.15) is 0 Å². The maximum atomic E-state index is 11.1. The van der Waals surface area contributed by atoms with E-state index in [1.54, 1.807) is 6.92 Å². The highest BCUT2D eigenvalue weighted by molar-refractivity contribution is 6.78. The van der Waals surface area contributed by atoms with Gasteiger partial charge in [-0.25, -0.2) is 4.79 Å². The van der Waals surface area contributed by atoms with E-state index < -0.39 is 8.07 Å². The van der Waals surface area contributed by atoms with Crippen LogP contribution in [-0.4, -0.2) is 25.9 Å². The number of carbonyl (C=O) groups is 1. The summed E-state index contributed by atoms with van der Waals surface area (Å²) in [5.74, 6) is -0.318. The molecule has 0 spiro atoms. The van der Waals surface area contributed by atoms with Crippen molar-refractivity contribution in [2.45, 2.75) is 32.6 Å². The minimum absolute atomic E-state index is 0.130. The van der Waals surface area contributed by atoms with E-state index in [1.165, 1.54) is 0 Å². The SMILES string of the molecule is C=C(C)C(=O)OC[Si](C)(C)C(C)N. The molecule has 0 aliphatic carbocycles. The standard InChI is InChI=1S/C9H19NO2Si/c1-7(2)9(11)12-6-13(4,5)8(3)10/h8H,1,6,10H2,2-5H3. The Morgan fingerprint density at radius 3 is 2.38 bits per heavy atom. The van der Waals surface area contributed by atoms with E-state index >= 15 is 0 Å². The molecule has 0 radical (unpaired) electrons. The van der Waals surface area contributed by atoms with Crippen LogP contribution in [0.25, 0.3) is 0 Å². The molecule has 0 aromatic heterocycles. The number of hydrogen-bond donors (Lipinski definition) is 1. The molecule has 0 saturated carbocycles. The summed E-state index contributed by atoms with van der Waals surface area (Å²) >= 11 is 0. The first kappa shape index (κ1) is 12.4. The number of rotatable bonds is 4. The third-order valence-electron chi connectivity index (χ3n) is 2.16. The van der Waals surface area contributed by atoms with Gasteiger partial charge in [-0.1, -0.05) is 26.6 Å². The molecule has 0 aromatic carbocycles. The van der Waals surface area contributed by atoms with Crippen molar-refractivity contribution in [2.24, 2.45) is 5.73 Å². The van der Waals surface area contributed by atoms with Crippen LogP contribution >= 0.6 is 0 Å². The minimum atomic E-state index is -1.60.